The molecule has 0 bridgehead atoms. The highest BCUT2D eigenvalue weighted by Crippen LogP contribution is 2.56. The molecule has 4 unspecified atom stereocenters. The van der Waals surface area contributed by atoms with Crippen LogP contribution in [0.5, 0.6) is 0 Å². The number of fused-ring (bicyclic) bond motifs is 2. The predicted octanol–water partition coefficient (Wildman–Crippen LogP) is 14.1. The zero-order valence-corrected chi connectivity index (χ0v) is 31.3. The molecular weight excluding hydrogens is 581 g/mol. The van der Waals surface area contributed by atoms with E-state index in [4.69, 9.17) is 0 Å². The minimum Gasteiger partial charge on any atom is -0.0679 e. The summed E-state index contributed by atoms with van der Waals surface area (Å²) in [6, 6.07) is 33.2. The van der Waals surface area contributed by atoms with Crippen LogP contribution >= 0.6 is 0 Å². The van der Waals surface area contributed by atoms with Crippen LogP contribution in [0.15, 0.2) is 96.1 Å². The average Bonchev–Trinajstić information content (AvgIpc) is 3.67. The highest BCUT2D eigenvalue weighted by atomic mass is 28.3. The third-order valence-electron chi connectivity index (χ3n) is 11.7. The second kappa shape index (κ2) is 14.0. The number of benzene rings is 4. The van der Waals surface area contributed by atoms with Crippen LogP contribution in [0, 0.1) is 0 Å². The van der Waals surface area contributed by atoms with Crippen molar-refractivity contribution < 1.29 is 0 Å². The van der Waals surface area contributed by atoms with Crippen molar-refractivity contribution in [2.75, 3.05) is 0 Å². The normalized spacial score (nSPS) is 18.4. The molecule has 0 spiro atoms. The Balaban J connectivity index is 1.43. The molecule has 244 valence electrons. The van der Waals surface area contributed by atoms with E-state index in [1.54, 1.807) is 22.3 Å². The molecule has 0 radical (unpaired) electrons. The monoisotopic (exact) mass is 636 g/mol. The van der Waals surface area contributed by atoms with Crippen LogP contribution in [0.3, 0.4) is 0 Å². The van der Waals surface area contributed by atoms with Crippen LogP contribution in [0.1, 0.15) is 136 Å². The SMILES string of the molecule is CCCC1=Cc2c(-c3ccc(C(C)CC)cc3)cccc2C1[Si](C)(C)C1C(CCC)=Cc2c(-c3ccc(C(C)CC)cc3)cccc21. The average molecular weight is 637 g/mol. The maximum Gasteiger partial charge on any atom is 0.0722 e. The van der Waals surface area contributed by atoms with Crippen LogP contribution in [-0.2, 0) is 0 Å². The highest BCUT2D eigenvalue weighted by molar-refractivity contribution is 6.81. The molecule has 2 aliphatic carbocycles. The Kier molecular flexibility index (Phi) is 9.95. The molecule has 0 aliphatic heterocycles. The quantitative estimate of drug-likeness (QED) is 0.136. The van der Waals surface area contributed by atoms with Crippen molar-refractivity contribution >= 4 is 20.2 Å². The van der Waals surface area contributed by atoms with Gasteiger partial charge in [-0.05, 0) is 93.2 Å². The van der Waals surface area contributed by atoms with Gasteiger partial charge in [0.05, 0.1) is 8.07 Å². The van der Waals surface area contributed by atoms with Gasteiger partial charge in [0.2, 0.25) is 0 Å². The van der Waals surface area contributed by atoms with Crippen molar-refractivity contribution in [3.8, 4) is 22.3 Å². The van der Waals surface area contributed by atoms with Gasteiger partial charge in [0.25, 0.3) is 0 Å². The van der Waals surface area contributed by atoms with Crippen LogP contribution in [-0.4, -0.2) is 8.07 Å². The molecule has 47 heavy (non-hydrogen) atoms. The lowest BCUT2D eigenvalue weighted by molar-refractivity contribution is 0.734. The van der Waals surface area contributed by atoms with E-state index in [0.717, 1.165) is 0 Å². The molecule has 0 saturated carbocycles. The molecule has 4 atom stereocenters. The van der Waals surface area contributed by atoms with Crippen molar-refractivity contribution in [2.45, 2.75) is 116 Å². The van der Waals surface area contributed by atoms with E-state index in [2.05, 4.69) is 152 Å². The maximum atomic E-state index is 2.71. The van der Waals surface area contributed by atoms with Crippen molar-refractivity contribution in [3.63, 3.8) is 0 Å². The number of hydrogen-bond acceptors (Lipinski definition) is 0. The van der Waals surface area contributed by atoms with E-state index in [0.29, 0.717) is 22.9 Å². The van der Waals surface area contributed by atoms with Crippen LogP contribution in [0.4, 0.5) is 0 Å². The summed E-state index contributed by atoms with van der Waals surface area (Å²) in [6.07, 6.45) is 12.3. The van der Waals surface area contributed by atoms with E-state index in [1.807, 2.05) is 0 Å². The summed E-state index contributed by atoms with van der Waals surface area (Å²) in [5.74, 6) is 1.20. The topological polar surface area (TPSA) is 0 Å². The lowest BCUT2D eigenvalue weighted by Gasteiger charge is -2.40. The second-order valence-electron chi connectivity index (χ2n) is 15.1. The van der Waals surface area contributed by atoms with E-state index >= 15 is 0 Å². The Hall–Kier alpha value is -3.42. The maximum absolute atomic E-state index is 2.71. The van der Waals surface area contributed by atoms with Gasteiger partial charge in [0, 0.05) is 11.1 Å². The summed E-state index contributed by atoms with van der Waals surface area (Å²) in [6.45, 7) is 19.4. The molecule has 0 nitrogen and oxygen atoms in total. The Bertz CT molecular complexity index is 1630. The summed E-state index contributed by atoms with van der Waals surface area (Å²) >= 11 is 0. The third-order valence-corrected chi connectivity index (χ3v) is 16.0. The largest absolute Gasteiger partial charge is 0.0722 e. The number of rotatable bonds is 12. The molecule has 2 aliphatic rings. The van der Waals surface area contributed by atoms with Gasteiger partial charge in [-0.2, -0.15) is 0 Å². The minimum absolute atomic E-state index is 0.520. The zero-order valence-electron chi connectivity index (χ0n) is 30.3. The van der Waals surface area contributed by atoms with E-state index in [-0.39, 0.29) is 0 Å². The van der Waals surface area contributed by atoms with Crippen LogP contribution in [0.2, 0.25) is 13.1 Å². The number of hydrogen-bond donors (Lipinski definition) is 0. The molecule has 4 aromatic rings. The van der Waals surface area contributed by atoms with Gasteiger partial charge in [-0.3, -0.25) is 0 Å². The van der Waals surface area contributed by atoms with Crippen molar-refractivity contribution in [3.05, 3.63) is 129 Å². The van der Waals surface area contributed by atoms with E-state index < -0.39 is 8.07 Å². The van der Waals surface area contributed by atoms with Crippen molar-refractivity contribution in [1.29, 1.82) is 0 Å². The smallest absolute Gasteiger partial charge is 0.0679 e. The van der Waals surface area contributed by atoms with Gasteiger partial charge in [-0.1, -0.05) is 176 Å². The minimum atomic E-state index is -1.98. The van der Waals surface area contributed by atoms with Crippen LogP contribution in [0.25, 0.3) is 34.4 Å². The van der Waals surface area contributed by atoms with Gasteiger partial charge in [0.15, 0.2) is 0 Å². The fourth-order valence-electron chi connectivity index (χ4n) is 8.82. The van der Waals surface area contributed by atoms with E-state index in [9.17, 15) is 0 Å². The Morgan fingerprint density at radius 3 is 1.26 bits per heavy atom. The standard InChI is InChI=1S/C46H56Si/c1-9-15-37-29-43-39(35-25-21-33(22-26-35)31(5)11-3)17-13-19-41(43)45(37)47(7,8)46-38(16-10-2)30-44-40(18-14-20-42(44)46)36-27-23-34(24-28-36)32(6)12-4/h13-14,17-32,45-46H,9-12,15-16H2,1-8H3. The highest BCUT2D eigenvalue weighted by Gasteiger charge is 2.48. The first-order valence-electron chi connectivity index (χ1n) is 18.6. The summed E-state index contributed by atoms with van der Waals surface area (Å²) in [7, 11) is -1.98. The molecule has 0 aromatic heterocycles. The predicted molar refractivity (Wildman–Crippen MR) is 210 cm³/mol. The Morgan fingerprint density at radius 2 is 0.915 bits per heavy atom. The van der Waals surface area contributed by atoms with Gasteiger partial charge < -0.3 is 0 Å². The van der Waals surface area contributed by atoms with Crippen molar-refractivity contribution in [1.82, 2.24) is 0 Å². The van der Waals surface area contributed by atoms with Gasteiger partial charge in [0.1, 0.15) is 0 Å². The molecule has 1 heteroatoms. The van der Waals surface area contributed by atoms with E-state index in [1.165, 1.54) is 83.0 Å². The first-order chi connectivity index (χ1) is 22.7. The van der Waals surface area contributed by atoms with Gasteiger partial charge in [-0.25, -0.2) is 0 Å². The fraction of sp³-hybridized carbons (Fsp3) is 0.391. The van der Waals surface area contributed by atoms with Gasteiger partial charge >= 0.3 is 0 Å². The number of allylic oxidation sites excluding steroid dienone is 2. The molecule has 6 rings (SSSR count). The Morgan fingerprint density at radius 1 is 0.532 bits per heavy atom. The first-order valence-corrected chi connectivity index (χ1v) is 21.8. The summed E-state index contributed by atoms with van der Waals surface area (Å²) in [5, 5.41) is 0. The molecule has 0 heterocycles. The first kappa shape index (κ1) is 33.5. The third kappa shape index (κ3) is 6.17. The fourth-order valence-corrected chi connectivity index (χ4v) is 13.6. The molecule has 4 aromatic carbocycles. The summed E-state index contributed by atoms with van der Waals surface area (Å²) in [5.41, 5.74) is 18.9. The Labute approximate surface area is 287 Å². The summed E-state index contributed by atoms with van der Waals surface area (Å²) < 4.78 is 0. The zero-order chi connectivity index (χ0) is 33.3. The lowest BCUT2D eigenvalue weighted by Crippen LogP contribution is -2.43. The lowest BCUT2D eigenvalue weighted by atomic mass is 9.93. The van der Waals surface area contributed by atoms with Crippen molar-refractivity contribution in [2.24, 2.45) is 0 Å². The molecular formula is C46H56Si. The van der Waals surface area contributed by atoms with Gasteiger partial charge in [-0.15, -0.1) is 0 Å². The molecule has 0 fully saturated rings. The molecule has 0 saturated heterocycles. The molecule has 0 N–H and O–H groups in total. The second-order valence-corrected chi connectivity index (χ2v) is 19.9. The summed E-state index contributed by atoms with van der Waals surface area (Å²) in [4.78, 5) is 0. The van der Waals surface area contributed by atoms with Crippen LogP contribution < -0.4 is 0 Å². The molecule has 0 amide bonds.